The van der Waals surface area contributed by atoms with Crippen molar-refractivity contribution in [2.24, 2.45) is 0 Å². The van der Waals surface area contributed by atoms with Gasteiger partial charge in [-0.1, -0.05) is 11.6 Å². The molecule has 0 spiro atoms. The van der Waals surface area contributed by atoms with E-state index in [1.165, 1.54) is 0 Å². The molecule has 140 valence electrons. The van der Waals surface area contributed by atoms with Crippen LogP contribution in [0.5, 0.6) is 11.5 Å². The van der Waals surface area contributed by atoms with Crippen LogP contribution < -0.4 is 9.47 Å². The number of carbonyl (C=O) groups excluding carboxylic acids is 1. The van der Waals surface area contributed by atoms with Gasteiger partial charge >= 0.3 is 0 Å². The van der Waals surface area contributed by atoms with Crippen LogP contribution in [0.15, 0.2) is 28.9 Å². The molecule has 0 saturated heterocycles. The first-order valence-electron chi connectivity index (χ1n) is 8.10. The molecule has 2 aromatic rings. The number of pyridine rings is 1. The average molecular weight is 442 g/mol. The van der Waals surface area contributed by atoms with E-state index in [0.29, 0.717) is 21.8 Å². The molecule has 1 amide bonds. The van der Waals surface area contributed by atoms with E-state index in [1.54, 1.807) is 50.4 Å². The second-order valence-electron chi connectivity index (χ2n) is 6.08. The van der Waals surface area contributed by atoms with Crippen LogP contribution in [0.1, 0.15) is 23.7 Å². The van der Waals surface area contributed by atoms with Crippen LogP contribution in [0.4, 0.5) is 0 Å². The molecular formula is C19H22BrClN2O3. The summed E-state index contributed by atoms with van der Waals surface area (Å²) in [7, 11) is 3.36. The molecule has 1 atom stereocenters. The molecule has 26 heavy (non-hydrogen) atoms. The van der Waals surface area contributed by atoms with Crippen LogP contribution in [0.25, 0.3) is 0 Å². The normalized spacial score (nSPS) is 11.8. The predicted molar refractivity (Wildman–Crippen MR) is 106 cm³/mol. The number of aryl methyl sites for hydroxylation is 1. The lowest BCUT2D eigenvalue weighted by Gasteiger charge is -2.23. The highest BCUT2D eigenvalue weighted by Crippen LogP contribution is 2.29. The minimum absolute atomic E-state index is 0.146. The van der Waals surface area contributed by atoms with E-state index in [9.17, 15) is 4.79 Å². The fourth-order valence-corrected chi connectivity index (χ4v) is 3.43. The van der Waals surface area contributed by atoms with Crippen molar-refractivity contribution < 1.29 is 14.3 Å². The summed E-state index contributed by atoms with van der Waals surface area (Å²) in [5.41, 5.74) is 2.69. The fraction of sp³-hybridized carbons (Fsp3) is 0.368. The van der Waals surface area contributed by atoms with Gasteiger partial charge in [0.2, 0.25) is 0 Å². The number of likely N-dealkylation sites (N-methyl/N-ethyl adjacent to an activating group) is 1. The third-order valence-electron chi connectivity index (χ3n) is 4.06. The number of nitrogens with zero attached hydrogens (tertiary/aromatic N) is 2. The molecule has 1 unspecified atom stereocenters. The minimum atomic E-state index is -0.648. The number of rotatable bonds is 6. The summed E-state index contributed by atoms with van der Waals surface area (Å²) in [4.78, 5) is 18.7. The molecule has 0 bridgehead atoms. The van der Waals surface area contributed by atoms with Crippen molar-refractivity contribution in [3.05, 3.63) is 50.7 Å². The Labute approximate surface area is 167 Å². The molecule has 2 rings (SSSR count). The molecule has 1 aromatic heterocycles. The first-order chi connectivity index (χ1) is 12.2. The highest BCUT2D eigenvalue weighted by atomic mass is 79.9. The molecule has 0 radical (unpaired) electrons. The lowest BCUT2D eigenvalue weighted by molar-refractivity contribution is -0.137. The van der Waals surface area contributed by atoms with E-state index in [-0.39, 0.29) is 5.91 Å². The van der Waals surface area contributed by atoms with Crippen LogP contribution in [0.2, 0.25) is 5.02 Å². The van der Waals surface area contributed by atoms with Crippen molar-refractivity contribution in [2.75, 3.05) is 14.2 Å². The first kappa shape index (κ1) is 20.5. The summed E-state index contributed by atoms with van der Waals surface area (Å²) in [6, 6.07) is 5.17. The zero-order valence-electron chi connectivity index (χ0n) is 15.5. The zero-order chi connectivity index (χ0) is 19.4. The van der Waals surface area contributed by atoms with Gasteiger partial charge < -0.3 is 14.4 Å². The molecule has 0 fully saturated rings. The topological polar surface area (TPSA) is 51.7 Å². The molecule has 7 heteroatoms. The van der Waals surface area contributed by atoms with Gasteiger partial charge in [0.05, 0.1) is 23.8 Å². The van der Waals surface area contributed by atoms with Crippen LogP contribution in [-0.4, -0.2) is 36.1 Å². The molecule has 0 aliphatic rings. The van der Waals surface area contributed by atoms with E-state index >= 15 is 0 Å². The predicted octanol–water partition coefficient (Wildman–Crippen LogP) is 4.55. The summed E-state index contributed by atoms with van der Waals surface area (Å²) in [6.45, 7) is 5.97. The number of amides is 1. The number of carbonyl (C=O) groups is 1. The third kappa shape index (κ3) is 4.68. The van der Waals surface area contributed by atoms with Crippen LogP contribution >= 0.6 is 27.5 Å². The van der Waals surface area contributed by atoms with E-state index in [2.05, 4.69) is 20.9 Å². The van der Waals surface area contributed by atoms with Crippen molar-refractivity contribution in [2.45, 2.75) is 33.4 Å². The minimum Gasteiger partial charge on any atom is -0.496 e. The van der Waals surface area contributed by atoms with Gasteiger partial charge in [0, 0.05) is 29.4 Å². The van der Waals surface area contributed by atoms with Crippen LogP contribution in [-0.2, 0) is 11.3 Å². The van der Waals surface area contributed by atoms with E-state index in [4.69, 9.17) is 21.1 Å². The van der Waals surface area contributed by atoms with Crippen molar-refractivity contribution >= 4 is 33.4 Å². The van der Waals surface area contributed by atoms with Gasteiger partial charge in [-0.05, 0) is 54.9 Å². The van der Waals surface area contributed by atoms with Gasteiger partial charge in [0.25, 0.3) is 5.91 Å². The van der Waals surface area contributed by atoms with Gasteiger partial charge in [-0.25, -0.2) is 0 Å². The summed E-state index contributed by atoms with van der Waals surface area (Å²) in [5.74, 6) is 1.22. The Morgan fingerprint density at radius 2 is 2.08 bits per heavy atom. The van der Waals surface area contributed by atoms with E-state index in [1.807, 2.05) is 13.8 Å². The summed E-state index contributed by atoms with van der Waals surface area (Å²) in [5, 5.41) is 0.593. The Morgan fingerprint density at radius 3 is 2.69 bits per heavy atom. The van der Waals surface area contributed by atoms with Gasteiger partial charge in [-0.3, -0.25) is 9.78 Å². The fourth-order valence-electron chi connectivity index (χ4n) is 2.66. The smallest absolute Gasteiger partial charge is 0.263 e. The summed E-state index contributed by atoms with van der Waals surface area (Å²) in [6.07, 6.45) is 1.11. The Hall–Kier alpha value is -1.79. The molecule has 0 aliphatic heterocycles. The number of methoxy groups -OCH3 is 1. The second kappa shape index (κ2) is 8.73. The number of halogens is 2. The number of aromatic nitrogens is 1. The van der Waals surface area contributed by atoms with Crippen molar-refractivity contribution in [3.63, 3.8) is 0 Å². The van der Waals surface area contributed by atoms with Gasteiger partial charge in [-0.15, -0.1) is 0 Å². The lowest BCUT2D eigenvalue weighted by atomic mass is 10.1. The van der Waals surface area contributed by atoms with E-state index in [0.717, 1.165) is 22.6 Å². The molecule has 1 aromatic carbocycles. The van der Waals surface area contributed by atoms with Gasteiger partial charge in [-0.2, -0.15) is 0 Å². The van der Waals surface area contributed by atoms with Crippen molar-refractivity contribution in [3.8, 4) is 11.5 Å². The standard InChI is InChI=1S/C19H22BrClN2O3/c1-11-9-22-16(12(2)18(11)25-5)10-23(4)19(24)13(3)26-17-7-6-14(21)8-15(17)20/h6-9,13H,10H2,1-5H3. The molecule has 0 saturated carbocycles. The maximum atomic E-state index is 12.7. The Balaban J connectivity index is 2.09. The quantitative estimate of drug-likeness (QED) is 0.660. The van der Waals surface area contributed by atoms with E-state index < -0.39 is 6.10 Å². The summed E-state index contributed by atoms with van der Waals surface area (Å²) < 4.78 is 11.9. The largest absolute Gasteiger partial charge is 0.496 e. The Morgan fingerprint density at radius 1 is 1.38 bits per heavy atom. The summed E-state index contributed by atoms with van der Waals surface area (Å²) >= 11 is 9.32. The molecule has 1 heterocycles. The number of hydrogen-bond donors (Lipinski definition) is 0. The molecule has 0 N–H and O–H groups in total. The third-order valence-corrected chi connectivity index (χ3v) is 4.91. The highest BCUT2D eigenvalue weighted by Gasteiger charge is 2.22. The molecule has 0 aliphatic carbocycles. The molecular weight excluding hydrogens is 420 g/mol. The zero-order valence-corrected chi connectivity index (χ0v) is 17.8. The van der Waals surface area contributed by atoms with Crippen LogP contribution in [0.3, 0.4) is 0 Å². The molecule has 5 nitrogen and oxygen atoms in total. The average Bonchev–Trinajstić information content (AvgIpc) is 2.59. The first-order valence-corrected chi connectivity index (χ1v) is 9.27. The monoisotopic (exact) mass is 440 g/mol. The highest BCUT2D eigenvalue weighted by molar-refractivity contribution is 9.10. The maximum Gasteiger partial charge on any atom is 0.263 e. The van der Waals surface area contributed by atoms with Crippen molar-refractivity contribution in [1.82, 2.24) is 9.88 Å². The van der Waals surface area contributed by atoms with Gasteiger partial charge in [0.15, 0.2) is 6.10 Å². The Kier molecular flexibility index (Phi) is 6.89. The number of ether oxygens (including phenoxy) is 2. The van der Waals surface area contributed by atoms with Crippen LogP contribution in [0, 0.1) is 13.8 Å². The van der Waals surface area contributed by atoms with Gasteiger partial charge in [0.1, 0.15) is 11.5 Å². The SMILES string of the molecule is COc1c(C)cnc(CN(C)C(=O)C(C)Oc2ccc(Cl)cc2Br)c1C. The second-order valence-corrected chi connectivity index (χ2v) is 7.37. The lowest BCUT2D eigenvalue weighted by Crippen LogP contribution is -2.37. The Bertz CT molecular complexity index is 814. The van der Waals surface area contributed by atoms with Crippen molar-refractivity contribution in [1.29, 1.82) is 0 Å². The maximum absolute atomic E-state index is 12.7. The number of benzene rings is 1. The number of hydrogen-bond acceptors (Lipinski definition) is 4.